The van der Waals surface area contributed by atoms with Gasteiger partial charge in [-0.3, -0.25) is 4.99 Å². The molecule has 3 rings (SSSR count). The zero-order chi connectivity index (χ0) is 17.8. The maximum atomic E-state index is 5.92. The average Bonchev–Trinajstić information content (AvgIpc) is 2.89. The molecule has 0 atom stereocenters. The van der Waals surface area contributed by atoms with Crippen molar-refractivity contribution in [3.63, 3.8) is 0 Å². The van der Waals surface area contributed by atoms with Gasteiger partial charge in [0.15, 0.2) is 0 Å². The molecule has 128 valence electrons. The first-order chi connectivity index (χ1) is 12.1. The number of ether oxygens (including phenoxy) is 1. The highest BCUT2D eigenvalue weighted by molar-refractivity contribution is 5.83. The standard InChI is InChI=1S/C22H24N2O/c1-5-24-17(3)14-19(18(24)4)15-23-20-10-12-21(13-11-20)25-22-9-7-6-8-16(22)2/h6-15H,5H2,1-4H3. The van der Waals surface area contributed by atoms with Gasteiger partial charge in [0.2, 0.25) is 0 Å². The Balaban J connectivity index is 1.74. The van der Waals surface area contributed by atoms with Gasteiger partial charge in [-0.1, -0.05) is 18.2 Å². The molecule has 0 fully saturated rings. The first-order valence-corrected chi connectivity index (χ1v) is 8.63. The van der Waals surface area contributed by atoms with E-state index in [4.69, 9.17) is 4.74 Å². The van der Waals surface area contributed by atoms with Crippen molar-refractivity contribution in [1.29, 1.82) is 0 Å². The predicted molar refractivity (Wildman–Crippen MR) is 105 cm³/mol. The topological polar surface area (TPSA) is 26.5 Å². The van der Waals surface area contributed by atoms with Crippen LogP contribution in [0.1, 0.15) is 29.4 Å². The minimum absolute atomic E-state index is 0.817. The summed E-state index contributed by atoms with van der Waals surface area (Å²) in [4.78, 5) is 4.60. The van der Waals surface area contributed by atoms with Crippen LogP contribution in [0.25, 0.3) is 0 Å². The first kappa shape index (κ1) is 17.0. The molecule has 0 saturated carbocycles. The predicted octanol–water partition coefficient (Wildman–Crippen LogP) is 5.98. The van der Waals surface area contributed by atoms with Crippen LogP contribution >= 0.6 is 0 Å². The van der Waals surface area contributed by atoms with Crippen molar-refractivity contribution in [1.82, 2.24) is 4.57 Å². The van der Waals surface area contributed by atoms with E-state index < -0.39 is 0 Å². The molecule has 0 radical (unpaired) electrons. The Kier molecular flexibility index (Phi) is 5.03. The molecule has 3 heteroatoms. The fraction of sp³-hybridized carbons (Fsp3) is 0.227. The van der Waals surface area contributed by atoms with Gasteiger partial charge in [-0.15, -0.1) is 0 Å². The van der Waals surface area contributed by atoms with Crippen LogP contribution < -0.4 is 4.74 Å². The van der Waals surface area contributed by atoms with Crippen LogP contribution in [0, 0.1) is 20.8 Å². The second-order valence-corrected chi connectivity index (χ2v) is 6.19. The van der Waals surface area contributed by atoms with Crippen molar-refractivity contribution in [3.8, 4) is 11.5 Å². The fourth-order valence-corrected chi connectivity index (χ4v) is 2.99. The molecule has 0 amide bonds. The van der Waals surface area contributed by atoms with Gasteiger partial charge in [0, 0.05) is 29.7 Å². The Morgan fingerprint density at radius 3 is 2.36 bits per heavy atom. The van der Waals surface area contributed by atoms with E-state index in [0.717, 1.165) is 29.3 Å². The van der Waals surface area contributed by atoms with Crippen LogP contribution in [-0.4, -0.2) is 10.8 Å². The number of aromatic nitrogens is 1. The molecular formula is C22H24N2O. The summed E-state index contributed by atoms with van der Waals surface area (Å²) in [5.41, 5.74) is 5.72. The third-order valence-corrected chi connectivity index (χ3v) is 4.44. The smallest absolute Gasteiger partial charge is 0.130 e. The lowest BCUT2D eigenvalue weighted by Crippen LogP contribution is -1.99. The van der Waals surface area contributed by atoms with Crippen LogP contribution in [0.3, 0.4) is 0 Å². The molecule has 0 N–H and O–H groups in total. The summed E-state index contributed by atoms with van der Waals surface area (Å²) in [6.07, 6.45) is 1.94. The molecule has 1 heterocycles. The number of nitrogens with zero attached hydrogens (tertiary/aromatic N) is 2. The molecule has 0 aliphatic carbocycles. The lowest BCUT2D eigenvalue weighted by Gasteiger charge is -2.08. The highest BCUT2D eigenvalue weighted by Gasteiger charge is 2.05. The first-order valence-electron chi connectivity index (χ1n) is 8.63. The lowest BCUT2D eigenvalue weighted by atomic mass is 10.2. The van der Waals surface area contributed by atoms with E-state index >= 15 is 0 Å². The second-order valence-electron chi connectivity index (χ2n) is 6.19. The van der Waals surface area contributed by atoms with Crippen molar-refractivity contribution in [2.75, 3.05) is 0 Å². The summed E-state index contributed by atoms with van der Waals surface area (Å²) in [6, 6.07) is 18.0. The Bertz CT molecular complexity index is 889. The van der Waals surface area contributed by atoms with Crippen LogP contribution in [0.5, 0.6) is 11.5 Å². The monoisotopic (exact) mass is 332 g/mol. The molecule has 3 aromatic rings. The number of rotatable bonds is 5. The van der Waals surface area contributed by atoms with Crippen molar-refractivity contribution in [2.45, 2.75) is 34.2 Å². The maximum absolute atomic E-state index is 5.92. The highest BCUT2D eigenvalue weighted by atomic mass is 16.5. The molecule has 25 heavy (non-hydrogen) atoms. The van der Waals surface area contributed by atoms with E-state index in [-0.39, 0.29) is 0 Å². The fourth-order valence-electron chi connectivity index (χ4n) is 2.99. The minimum Gasteiger partial charge on any atom is -0.457 e. The summed E-state index contributed by atoms with van der Waals surface area (Å²) in [6.45, 7) is 9.45. The van der Waals surface area contributed by atoms with Crippen LogP contribution in [0.15, 0.2) is 59.6 Å². The quantitative estimate of drug-likeness (QED) is 0.528. The number of hydrogen-bond acceptors (Lipinski definition) is 2. The Morgan fingerprint density at radius 2 is 1.72 bits per heavy atom. The van der Waals surface area contributed by atoms with E-state index in [2.05, 4.69) is 36.4 Å². The van der Waals surface area contributed by atoms with Crippen molar-refractivity contribution < 1.29 is 4.74 Å². The number of aliphatic imine (C=N–C) groups is 1. The Morgan fingerprint density at radius 1 is 1.00 bits per heavy atom. The van der Waals surface area contributed by atoms with Gasteiger partial charge < -0.3 is 9.30 Å². The third-order valence-electron chi connectivity index (χ3n) is 4.44. The van der Waals surface area contributed by atoms with Crippen LogP contribution in [0.4, 0.5) is 5.69 Å². The van der Waals surface area contributed by atoms with E-state index in [0.29, 0.717) is 0 Å². The molecular weight excluding hydrogens is 308 g/mol. The largest absolute Gasteiger partial charge is 0.457 e. The van der Waals surface area contributed by atoms with Crippen LogP contribution in [0.2, 0.25) is 0 Å². The zero-order valence-electron chi connectivity index (χ0n) is 15.3. The number of aryl methyl sites for hydroxylation is 2. The van der Waals surface area contributed by atoms with Gasteiger partial charge in [0.1, 0.15) is 11.5 Å². The second kappa shape index (κ2) is 7.39. The van der Waals surface area contributed by atoms with E-state index in [1.165, 1.54) is 17.0 Å². The number of hydrogen-bond donors (Lipinski definition) is 0. The van der Waals surface area contributed by atoms with Gasteiger partial charge in [-0.05, 0) is 69.7 Å². The molecule has 0 unspecified atom stereocenters. The molecule has 0 aliphatic heterocycles. The molecule has 0 bridgehead atoms. The molecule has 1 aromatic heterocycles. The maximum Gasteiger partial charge on any atom is 0.130 e. The summed E-state index contributed by atoms with van der Waals surface area (Å²) < 4.78 is 8.22. The average molecular weight is 332 g/mol. The summed E-state index contributed by atoms with van der Waals surface area (Å²) >= 11 is 0. The van der Waals surface area contributed by atoms with Gasteiger partial charge in [-0.25, -0.2) is 0 Å². The molecule has 2 aromatic carbocycles. The van der Waals surface area contributed by atoms with Crippen molar-refractivity contribution >= 4 is 11.9 Å². The zero-order valence-corrected chi connectivity index (χ0v) is 15.3. The minimum atomic E-state index is 0.817. The molecule has 3 nitrogen and oxygen atoms in total. The Labute approximate surface area is 149 Å². The highest BCUT2D eigenvalue weighted by Crippen LogP contribution is 2.26. The van der Waals surface area contributed by atoms with Gasteiger partial charge >= 0.3 is 0 Å². The molecule has 0 spiro atoms. The molecule has 0 saturated heterocycles. The summed E-state index contributed by atoms with van der Waals surface area (Å²) in [5.74, 6) is 1.70. The van der Waals surface area contributed by atoms with Gasteiger partial charge in [-0.2, -0.15) is 0 Å². The van der Waals surface area contributed by atoms with Crippen molar-refractivity contribution in [2.24, 2.45) is 4.99 Å². The normalized spacial score (nSPS) is 11.2. The van der Waals surface area contributed by atoms with E-state index in [1.807, 2.05) is 61.7 Å². The van der Waals surface area contributed by atoms with Crippen LogP contribution in [-0.2, 0) is 6.54 Å². The van der Waals surface area contributed by atoms with E-state index in [1.54, 1.807) is 0 Å². The third kappa shape index (κ3) is 3.82. The Hall–Kier alpha value is -2.81. The number of benzene rings is 2. The number of para-hydroxylation sites is 1. The van der Waals surface area contributed by atoms with Gasteiger partial charge in [0.25, 0.3) is 0 Å². The summed E-state index contributed by atoms with van der Waals surface area (Å²) in [7, 11) is 0. The van der Waals surface area contributed by atoms with Crippen molar-refractivity contribution in [3.05, 3.63) is 77.1 Å². The lowest BCUT2D eigenvalue weighted by molar-refractivity contribution is 0.479. The SMILES string of the molecule is CCn1c(C)cc(C=Nc2ccc(Oc3ccccc3C)cc2)c1C. The summed E-state index contributed by atoms with van der Waals surface area (Å²) in [5, 5.41) is 0. The van der Waals surface area contributed by atoms with E-state index in [9.17, 15) is 0 Å². The molecule has 0 aliphatic rings. The van der Waals surface area contributed by atoms with Gasteiger partial charge in [0.05, 0.1) is 5.69 Å².